The Labute approximate surface area is 67.5 Å². The zero-order chi connectivity index (χ0) is 7.84. The Hall–Kier alpha value is -0.590. The molecule has 2 atom stereocenters. The van der Waals surface area contributed by atoms with Crippen molar-refractivity contribution < 1.29 is 4.79 Å². The van der Waals surface area contributed by atoms with Crippen molar-refractivity contribution in [2.75, 3.05) is 0 Å². The van der Waals surface area contributed by atoms with Gasteiger partial charge in [-0.05, 0) is 30.3 Å². The minimum absolute atomic E-state index is 0.383. The first-order chi connectivity index (χ1) is 5.33. The van der Waals surface area contributed by atoms with Crippen LogP contribution in [0, 0.1) is 11.8 Å². The van der Waals surface area contributed by atoms with E-state index in [9.17, 15) is 4.79 Å². The fourth-order valence-corrected chi connectivity index (χ4v) is 2.31. The summed E-state index contributed by atoms with van der Waals surface area (Å²) in [6.45, 7) is 1.95. The molecular formula is C10H14O. The van der Waals surface area contributed by atoms with Crippen molar-refractivity contribution in [1.82, 2.24) is 0 Å². The molecule has 0 radical (unpaired) electrons. The van der Waals surface area contributed by atoms with Gasteiger partial charge in [0.1, 0.15) is 0 Å². The van der Waals surface area contributed by atoms with Gasteiger partial charge in [0.2, 0.25) is 0 Å². The lowest BCUT2D eigenvalue weighted by molar-refractivity contribution is -0.116. The Morgan fingerprint density at radius 3 is 3.09 bits per heavy atom. The minimum Gasteiger partial charge on any atom is -0.295 e. The van der Waals surface area contributed by atoms with Gasteiger partial charge >= 0.3 is 0 Å². The molecule has 0 N–H and O–H groups in total. The Bertz CT molecular complexity index is 215. The van der Waals surface area contributed by atoms with Crippen LogP contribution in [0.15, 0.2) is 11.6 Å². The highest BCUT2D eigenvalue weighted by atomic mass is 16.1. The summed E-state index contributed by atoms with van der Waals surface area (Å²) in [7, 11) is 0. The van der Waals surface area contributed by atoms with Crippen LogP contribution in [0.25, 0.3) is 0 Å². The SMILES string of the molecule is CCC(=O)C1=CC2CCCC12. The number of Topliss-reactive ketones (excluding diaryl/α,β-unsaturated/α-hetero) is 1. The van der Waals surface area contributed by atoms with Crippen LogP contribution >= 0.6 is 0 Å². The van der Waals surface area contributed by atoms with Crippen molar-refractivity contribution >= 4 is 5.78 Å². The summed E-state index contributed by atoms with van der Waals surface area (Å²) in [4.78, 5) is 11.3. The van der Waals surface area contributed by atoms with Crippen molar-refractivity contribution in [3.05, 3.63) is 11.6 Å². The van der Waals surface area contributed by atoms with Crippen LogP contribution in [0.3, 0.4) is 0 Å². The summed E-state index contributed by atoms with van der Waals surface area (Å²) < 4.78 is 0. The topological polar surface area (TPSA) is 17.1 Å². The number of hydrogen-bond donors (Lipinski definition) is 0. The Morgan fingerprint density at radius 2 is 2.45 bits per heavy atom. The second-order valence-electron chi connectivity index (χ2n) is 3.60. The van der Waals surface area contributed by atoms with E-state index in [1.54, 1.807) is 0 Å². The molecular weight excluding hydrogens is 136 g/mol. The highest BCUT2D eigenvalue weighted by molar-refractivity contribution is 5.97. The van der Waals surface area contributed by atoms with E-state index in [0.717, 1.165) is 11.5 Å². The number of rotatable bonds is 2. The lowest BCUT2D eigenvalue weighted by Crippen LogP contribution is -2.24. The summed E-state index contributed by atoms with van der Waals surface area (Å²) in [5.41, 5.74) is 1.15. The van der Waals surface area contributed by atoms with Crippen molar-refractivity contribution in [3.8, 4) is 0 Å². The molecule has 2 aliphatic rings. The predicted molar refractivity (Wildman–Crippen MR) is 44.2 cm³/mol. The first-order valence-corrected chi connectivity index (χ1v) is 4.58. The first kappa shape index (κ1) is 7.08. The number of fused-ring (bicyclic) bond motifs is 1. The lowest BCUT2D eigenvalue weighted by Gasteiger charge is -2.29. The van der Waals surface area contributed by atoms with E-state index in [2.05, 4.69) is 6.08 Å². The van der Waals surface area contributed by atoms with Gasteiger partial charge in [0.15, 0.2) is 5.78 Å². The van der Waals surface area contributed by atoms with Crippen LogP contribution in [0.4, 0.5) is 0 Å². The molecule has 60 valence electrons. The third-order valence-corrected chi connectivity index (χ3v) is 3.01. The molecule has 2 rings (SSSR count). The predicted octanol–water partition coefficient (Wildman–Crippen LogP) is 2.32. The monoisotopic (exact) mass is 150 g/mol. The Kier molecular flexibility index (Phi) is 1.59. The third kappa shape index (κ3) is 0.943. The van der Waals surface area contributed by atoms with Gasteiger partial charge in [-0.3, -0.25) is 4.79 Å². The second kappa shape index (κ2) is 2.47. The van der Waals surface area contributed by atoms with E-state index in [1.165, 1.54) is 19.3 Å². The number of allylic oxidation sites excluding steroid dienone is 2. The van der Waals surface area contributed by atoms with Gasteiger partial charge in [-0.25, -0.2) is 0 Å². The minimum atomic E-state index is 0.383. The maximum absolute atomic E-state index is 11.3. The quantitative estimate of drug-likeness (QED) is 0.590. The molecule has 1 fully saturated rings. The average Bonchev–Trinajstić information content (AvgIpc) is 2.32. The van der Waals surface area contributed by atoms with Crippen molar-refractivity contribution in [1.29, 1.82) is 0 Å². The van der Waals surface area contributed by atoms with Crippen LogP contribution < -0.4 is 0 Å². The smallest absolute Gasteiger partial charge is 0.158 e. The molecule has 0 bridgehead atoms. The second-order valence-corrected chi connectivity index (χ2v) is 3.60. The zero-order valence-electron chi connectivity index (χ0n) is 6.97. The maximum atomic E-state index is 11.3. The van der Waals surface area contributed by atoms with E-state index in [1.807, 2.05) is 6.92 Å². The number of carbonyl (C=O) groups excluding carboxylic acids is 1. The van der Waals surface area contributed by atoms with E-state index in [4.69, 9.17) is 0 Å². The van der Waals surface area contributed by atoms with Crippen LogP contribution in [0.5, 0.6) is 0 Å². The average molecular weight is 150 g/mol. The molecule has 2 unspecified atom stereocenters. The van der Waals surface area contributed by atoms with Gasteiger partial charge in [-0.15, -0.1) is 0 Å². The van der Waals surface area contributed by atoms with Gasteiger partial charge in [0.05, 0.1) is 0 Å². The number of carbonyl (C=O) groups is 1. The zero-order valence-corrected chi connectivity index (χ0v) is 6.97. The van der Waals surface area contributed by atoms with Gasteiger partial charge in [0, 0.05) is 6.42 Å². The van der Waals surface area contributed by atoms with Crippen molar-refractivity contribution in [3.63, 3.8) is 0 Å². The van der Waals surface area contributed by atoms with Gasteiger partial charge < -0.3 is 0 Å². The summed E-state index contributed by atoms with van der Waals surface area (Å²) >= 11 is 0. The van der Waals surface area contributed by atoms with Crippen LogP contribution in [-0.4, -0.2) is 5.78 Å². The highest BCUT2D eigenvalue weighted by Crippen LogP contribution is 2.46. The summed E-state index contributed by atoms with van der Waals surface area (Å²) in [6, 6.07) is 0. The lowest BCUT2D eigenvalue weighted by atomic mass is 9.75. The standard InChI is InChI=1S/C10H14O/c1-2-10(11)9-6-7-4-3-5-8(7)9/h6-8H,2-5H2,1H3. The first-order valence-electron chi connectivity index (χ1n) is 4.58. The third-order valence-electron chi connectivity index (χ3n) is 3.01. The number of ketones is 1. The largest absolute Gasteiger partial charge is 0.295 e. The van der Waals surface area contributed by atoms with E-state index in [-0.39, 0.29) is 0 Å². The maximum Gasteiger partial charge on any atom is 0.158 e. The number of hydrogen-bond acceptors (Lipinski definition) is 1. The molecule has 11 heavy (non-hydrogen) atoms. The highest BCUT2D eigenvalue weighted by Gasteiger charge is 2.38. The summed E-state index contributed by atoms with van der Waals surface area (Å²) in [5, 5.41) is 0. The molecule has 1 heteroatoms. The fourth-order valence-electron chi connectivity index (χ4n) is 2.31. The molecule has 2 aliphatic carbocycles. The fraction of sp³-hybridized carbons (Fsp3) is 0.700. The molecule has 1 saturated carbocycles. The summed E-state index contributed by atoms with van der Waals surface area (Å²) in [6.07, 6.45) is 6.80. The van der Waals surface area contributed by atoms with Crippen LogP contribution in [-0.2, 0) is 4.79 Å². The van der Waals surface area contributed by atoms with E-state index < -0.39 is 0 Å². The molecule has 0 spiro atoms. The van der Waals surface area contributed by atoms with E-state index in [0.29, 0.717) is 18.1 Å². The molecule has 0 saturated heterocycles. The Balaban J connectivity index is 2.08. The van der Waals surface area contributed by atoms with Gasteiger partial charge in [0.25, 0.3) is 0 Å². The molecule has 0 aromatic heterocycles. The molecule has 1 nitrogen and oxygen atoms in total. The molecule has 0 aromatic carbocycles. The van der Waals surface area contributed by atoms with Gasteiger partial charge in [-0.2, -0.15) is 0 Å². The van der Waals surface area contributed by atoms with Crippen molar-refractivity contribution in [2.45, 2.75) is 32.6 Å². The molecule has 0 aliphatic heterocycles. The van der Waals surface area contributed by atoms with Crippen LogP contribution in [0.2, 0.25) is 0 Å². The Morgan fingerprint density at radius 1 is 1.64 bits per heavy atom. The summed E-state index contributed by atoms with van der Waals surface area (Å²) in [5.74, 6) is 1.83. The molecule has 0 heterocycles. The molecule has 0 aromatic rings. The van der Waals surface area contributed by atoms with Gasteiger partial charge in [-0.1, -0.05) is 19.4 Å². The van der Waals surface area contributed by atoms with Crippen molar-refractivity contribution in [2.24, 2.45) is 11.8 Å². The van der Waals surface area contributed by atoms with Crippen LogP contribution in [0.1, 0.15) is 32.6 Å². The normalized spacial score (nSPS) is 34.1. The van der Waals surface area contributed by atoms with E-state index >= 15 is 0 Å². The molecule has 0 amide bonds.